The van der Waals surface area contributed by atoms with Crippen LogP contribution in [0.5, 0.6) is 0 Å². The van der Waals surface area contributed by atoms with E-state index in [2.05, 4.69) is 10.3 Å². The molecular formula is C18H27N3O2. The van der Waals surface area contributed by atoms with Crippen molar-refractivity contribution in [2.75, 3.05) is 26.8 Å². The molecule has 0 bridgehead atoms. The van der Waals surface area contributed by atoms with E-state index in [1.807, 2.05) is 31.4 Å². The van der Waals surface area contributed by atoms with Gasteiger partial charge in [0.1, 0.15) is 0 Å². The number of aromatic nitrogens is 1. The molecule has 1 aromatic rings. The Morgan fingerprint density at radius 2 is 2.22 bits per heavy atom. The number of pyridine rings is 1. The molecule has 126 valence electrons. The Hall–Kier alpha value is -1.62. The van der Waals surface area contributed by atoms with Gasteiger partial charge in [0.15, 0.2) is 0 Å². The molecule has 2 heterocycles. The fourth-order valence-corrected chi connectivity index (χ4v) is 3.72. The monoisotopic (exact) mass is 317 g/mol. The van der Waals surface area contributed by atoms with Gasteiger partial charge in [0, 0.05) is 32.3 Å². The highest BCUT2D eigenvalue weighted by molar-refractivity contribution is 5.74. The number of nitrogens with zero attached hydrogens (tertiary/aromatic N) is 2. The zero-order valence-corrected chi connectivity index (χ0v) is 13.9. The maximum absolute atomic E-state index is 12.6. The lowest BCUT2D eigenvalue weighted by Crippen LogP contribution is -2.43. The van der Waals surface area contributed by atoms with E-state index in [1.165, 1.54) is 25.7 Å². The lowest BCUT2D eigenvalue weighted by Gasteiger charge is -2.28. The lowest BCUT2D eigenvalue weighted by atomic mass is 9.95. The molecule has 3 rings (SSSR count). The highest BCUT2D eigenvalue weighted by atomic mass is 16.5. The number of hydrogen-bond donors (Lipinski definition) is 1. The van der Waals surface area contributed by atoms with E-state index in [-0.39, 0.29) is 12.1 Å². The zero-order valence-electron chi connectivity index (χ0n) is 13.9. The van der Waals surface area contributed by atoms with E-state index >= 15 is 0 Å². The van der Waals surface area contributed by atoms with Crippen molar-refractivity contribution in [3.63, 3.8) is 0 Å². The minimum atomic E-state index is -0.000506. The van der Waals surface area contributed by atoms with E-state index in [0.29, 0.717) is 11.8 Å². The number of hydrogen-bond acceptors (Lipinski definition) is 3. The number of ether oxygens (including phenoxy) is 1. The summed E-state index contributed by atoms with van der Waals surface area (Å²) in [4.78, 5) is 18.9. The minimum absolute atomic E-state index is 0.000506. The standard InChI is InChI=1S/C18H27N3O2/c1-21(12-14-9-11-23-13-14)18(22)20-17(15-6-2-3-7-15)16-8-4-5-10-19-16/h4-5,8,10,14-15,17H,2-3,6-7,9,11-13H2,1H3,(H,20,22)/t14-,17-/m1/s1. The molecule has 5 nitrogen and oxygen atoms in total. The van der Waals surface area contributed by atoms with E-state index in [4.69, 9.17) is 4.74 Å². The quantitative estimate of drug-likeness (QED) is 0.908. The van der Waals surface area contributed by atoms with E-state index in [1.54, 1.807) is 4.90 Å². The number of carbonyl (C=O) groups is 1. The van der Waals surface area contributed by atoms with Gasteiger partial charge >= 0.3 is 6.03 Å². The van der Waals surface area contributed by atoms with Crippen LogP contribution in [0.3, 0.4) is 0 Å². The van der Waals surface area contributed by atoms with Crippen molar-refractivity contribution in [3.8, 4) is 0 Å². The molecule has 2 atom stereocenters. The third-order valence-electron chi connectivity index (χ3n) is 5.06. The van der Waals surface area contributed by atoms with Crippen LogP contribution in [-0.2, 0) is 4.74 Å². The number of carbonyl (C=O) groups excluding carboxylic acids is 1. The van der Waals surface area contributed by atoms with Crippen molar-refractivity contribution >= 4 is 6.03 Å². The van der Waals surface area contributed by atoms with E-state index in [0.717, 1.165) is 31.9 Å². The molecule has 1 saturated carbocycles. The highest BCUT2D eigenvalue weighted by Crippen LogP contribution is 2.35. The summed E-state index contributed by atoms with van der Waals surface area (Å²) >= 11 is 0. The molecule has 0 spiro atoms. The zero-order chi connectivity index (χ0) is 16.1. The van der Waals surface area contributed by atoms with Gasteiger partial charge in [0.25, 0.3) is 0 Å². The summed E-state index contributed by atoms with van der Waals surface area (Å²) in [5, 5.41) is 3.23. The van der Waals surface area contributed by atoms with Gasteiger partial charge in [-0.05, 0) is 37.3 Å². The summed E-state index contributed by atoms with van der Waals surface area (Å²) < 4.78 is 5.40. The van der Waals surface area contributed by atoms with Crippen LogP contribution in [0.15, 0.2) is 24.4 Å². The molecule has 1 aliphatic carbocycles. The van der Waals surface area contributed by atoms with Crippen LogP contribution in [-0.4, -0.2) is 42.7 Å². The number of urea groups is 1. The first kappa shape index (κ1) is 16.2. The number of amides is 2. The number of nitrogens with one attached hydrogen (secondary N) is 1. The normalized spacial score (nSPS) is 22.9. The average molecular weight is 317 g/mol. The summed E-state index contributed by atoms with van der Waals surface area (Å²) in [6.07, 6.45) is 7.69. The molecule has 1 saturated heterocycles. The van der Waals surface area contributed by atoms with Gasteiger partial charge in [0.2, 0.25) is 0 Å². The third kappa shape index (κ3) is 4.22. The van der Waals surface area contributed by atoms with Gasteiger partial charge in [-0.25, -0.2) is 4.79 Å². The molecule has 0 radical (unpaired) electrons. The van der Waals surface area contributed by atoms with Crippen LogP contribution < -0.4 is 5.32 Å². The topological polar surface area (TPSA) is 54.5 Å². The van der Waals surface area contributed by atoms with Crippen molar-refractivity contribution in [2.45, 2.75) is 38.1 Å². The summed E-state index contributed by atoms with van der Waals surface area (Å²) in [5.41, 5.74) is 0.977. The van der Waals surface area contributed by atoms with Crippen molar-refractivity contribution in [1.82, 2.24) is 15.2 Å². The second-order valence-corrected chi connectivity index (χ2v) is 6.84. The molecule has 5 heteroatoms. The van der Waals surface area contributed by atoms with Crippen molar-refractivity contribution < 1.29 is 9.53 Å². The Bertz CT molecular complexity index is 496. The van der Waals surface area contributed by atoms with Crippen LogP contribution in [0, 0.1) is 11.8 Å². The fraction of sp³-hybridized carbons (Fsp3) is 0.667. The molecule has 1 aliphatic heterocycles. The third-order valence-corrected chi connectivity index (χ3v) is 5.06. The summed E-state index contributed by atoms with van der Waals surface area (Å²) in [6, 6.07) is 5.96. The lowest BCUT2D eigenvalue weighted by molar-refractivity contribution is 0.168. The second kappa shape index (κ2) is 7.77. The van der Waals surface area contributed by atoms with Crippen LogP contribution >= 0.6 is 0 Å². The molecular weight excluding hydrogens is 290 g/mol. The molecule has 0 unspecified atom stereocenters. The Morgan fingerprint density at radius 1 is 1.39 bits per heavy atom. The van der Waals surface area contributed by atoms with Crippen LogP contribution in [0.4, 0.5) is 4.79 Å². The molecule has 2 fully saturated rings. The highest BCUT2D eigenvalue weighted by Gasteiger charge is 2.30. The average Bonchev–Trinajstić information content (AvgIpc) is 3.26. The first-order valence-corrected chi connectivity index (χ1v) is 8.74. The predicted octanol–water partition coefficient (Wildman–Crippen LogP) is 2.99. The van der Waals surface area contributed by atoms with Gasteiger partial charge in [-0.2, -0.15) is 0 Å². The molecule has 2 aliphatic rings. The maximum Gasteiger partial charge on any atom is 0.317 e. The largest absolute Gasteiger partial charge is 0.381 e. The molecule has 1 N–H and O–H groups in total. The first-order chi connectivity index (χ1) is 11.2. The summed E-state index contributed by atoms with van der Waals surface area (Å²) in [5.74, 6) is 0.961. The Morgan fingerprint density at radius 3 is 2.87 bits per heavy atom. The summed E-state index contributed by atoms with van der Waals surface area (Å²) in [6.45, 7) is 2.34. The van der Waals surface area contributed by atoms with Crippen LogP contribution in [0.1, 0.15) is 43.8 Å². The van der Waals surface area contributed by atoms with Gasteiger partial charge in [-0.15, -0.1) is 0 Å². The Labute approximate surface area is 138 Å². The molecule has 0 aromatic carbocycles. The van der Waals surface area contributed by atoms with Crippen molar-refractivity contribution in [1.29, 1.82) is 0 Å². The van der Waals surface area contributed by atoms with E-state index < -0.39 is 0 Å². The second-order valence-electron chi connectivity index (χ2n) is 6.84. The van der Waals surface area contributed by atoms with Crippen LogP contribution in [0.25, 0.3) is 0 Å². The summed E-state index contributed by atoms with van der Waals surface area (Å²) in [7, 11) is 1.87. The molecule has 23 heavy (non-hydrogen) atoms. The SMILES string of the molecule is CN(C[C@H]1CCOC1)C(=O)N[C@@H](c1ccccn1)C1CCCC1. The maximum atomic E-state index is 12.6. The molecule has 2 amide bonds. The van der Waals surface area contributed by atoms with Gasteiger partial charge in [-0.1, -0.05) is 18.9 Å². The number of rotatable bonds is 5. The first-order valence-electron chi connectivity index (χ1n) is 8.74. The fourth-order valence-electron chi connectivity index (χ4n) is 3.72. The Kier molecular flexibility index (Phi) is 5.49. The van der Waals surface area contributed by atoms with Gasteiger partial charge < -0.3 is 15.0 Å². The molecule has 1 aromatic heterocycles. The van der Waals surface area contributed by atoms with Crippen molar-refractivity contribution in [3.05, 3.63) is 30.1 Å². The predicted molar refractivity (Wildman–Crippen MR) is 89.0 cm³/mol. The van der Waals surface area contributed by atoms with Crippen LogP contribution in [0.2, 0.25) is 0 Å². The van der Waals surface area contributed by atoms with Gasteiger partial charge in [-0.3, -0.25) is 4.98 Å². The Balaban J connectivity index is 1.63. The smallest absolute Gasteiger partial charge is 0.317 e. The van der Waals surface area contributed by atoms with Crippen molar-refractivity contribution in [2.24, 2.45) is 11.8 Å². The van der Waals surface area contributed by atoms with E-state index in [9.17, 15) is 4.79 Å². The van der Waals surface area contributed by atoms with Gasteiger partial charge in [0.05, 0.1) is 18.3 Å². The minimum Gasteiger partial charge on any atom is -0.381 e.